The Morgan fingerprint density at radius 1 is 1.33 bits per heavy atom. The average molecular weight is 301 g/mol. The van der Waals surface area contributed by atoms with Crippen molar-refractivity contribution in [3.05, 3.63) is 52.0 Å². The van der Waals surface area contributed by atoms with Crippen LogP contribution in [-0.2, 0) is 6.54 Å². The third-order valence-electron chi connectivity index (χ3n) is 4.03. The number of hydrogen-bond acceptors (Lipinski definition) is 4. The van der Waals surface area contributed by atoms with Crippen LogP contribution in [0.3, 0.4) is 0 Å². The van der Waals surface area contributed by atoms with E-state index in [1.54, 1.807) is 11.3 Å². The molecule has 112 valence electrons. The Morgan fingerprint density at radius 2 is 2.10 bits per heavy atom. The van der Waals surface area contributed by atoms with Crippen LogP contribution in [0.5, 0.6) is 0 Å². The molecule has 0 saturated carbocycles. The minimum Gasteiger partial charge on any atom is -0.309 e. The third-order valence-corrected chi connectivity index (χ3v) is 4.85. The quantitative estimate of drug-likeness (QED) is 0.942. The highest BCUT2D eigenvalue weighted by atomic mass is 32.1. The number of hydrogen-bond donors (Lipinski definition) is 1. The van der Waals surface area contributed by atoms with Crippen molar-refractivity contribution in [2.24, 2.45) is 0 Å². The van der Waals surface area contributed by atoms with E-state index in [1.165, 1.54) is 11.3 Å². The third kappa shape index (κ3) is 3.51. The van der Waals surface area contributed by atoms with Crippen LogP contribution in [0.2, 0.25) is 0 Å². The molecule has 4 heteroatoms. The number of nitrogens with one attached hydrogen (secondary N) is 1. The summed E-state index contributed by atoms with van der Waals surface area (Å²) in [5, 5.41) is 7.00. The summed E-state index contributed by atoms with van der Waals surface area (Å²) in [6.45, 7) is 9.56. The molecule has 0 amide bonds. The zero-order chi connectivity index (χ0) is 14.9. The number of benzene rings is 1. The van der Waals surface area contributed by atoms with Crippen LogP contribution in [0, 0.1) is 6.92 Å². The monoisotopic (exact) mass is 301 g/mol. The van der Waals surface area contributed by atoms with E-state index in [9.17, 15) is 0 Å². The van der Waals surface area contributed by atoms with Crippen LogP contribution in [-0.4, -0.2) is 28.5 Å². The Kier molecular flexibility index (Phi) is 4.11. The topological polar surface area (TPSA) is 28.2 Å². The number of thiazole rings is 1. The van der Waals surface area contributed by atoms with Crippen molar-refractivity contribution < 1.29 is 0 Å². The van der Waals surface area contributed by atoms with E-state index < -0.39 is 0 Å². The summed E-state index contributed by atoms with van der Waals surface area (Å²) in [5.74, 6) is 0. The van der Waals surface area contributed by atoms with Crippen molar-refractivity contribution in [2.75, 3.05) is 13.1 Å². The molecular weight excluding hydrogens is 278 g/mol. The van der Waals surface area contributed by atoms with Gasteiger partial charge in [0.25, 0.3) is 0 Å². The van der Waals surface area contributed by atoms with Crippen LogP contribution < -0.4 is 5.32 Å². The Morgan fingerprint density at radius 3 is 2.76 bits per heavy atom. The molecule has 21 heavy (non-hydrogen) atoms. The van der Waals surface area contributed by atoms with Gasteiger partial charge in [-0.05, 0) is 26.3 Å². The van der Waals surface area contributed by atoms with Crippen molar-refractivity contribution >= 4 is 11.3 Å². The SMILES string of the molecule is Cc1nc(CN2CC(C)(C)NCC2c2ccccc2)cs1. The average Bonchev–Trinajstić information content (AvgIpc) is 2.84. The molecule has 1 aliphatic rings. The Labute approximate surface area is 131 Å². The summed E-state index contributed by atoms with van der Waals surface area (Å²) < 4.78 is 0. The summed E-state index contributed by atoms with van der Waals surface area (Å²) in [5.41, 5.74) is 2.72. The van der Waals surface area contributed by atoms with Crippen LogP contribution >= 0.6 is 11.3 Å². The normalized spacial score (nSPS) is 22.3. The number of rotatable bonds is 3. The Balaban J connectivity index is 1.83. The first-order valence-electron chi connectivity index (χ1n) is 7.48. The fourth-order valence-electron chi connectivity index (χ4n) is 3.03. The van der Waals surface area contributed by atoms with Crippen LogP contribution in [0.4, 0.5) is 0 Å². The maximum absolute atomic E-state index is 4.64. The van der Waals surface area contributed by atoms with Gasteiger partial charge in [0.05, 0.1) is 10.7 Å². The minimum absolute atomic E-state index is 0.149. The summed E-state index contributed by atoms with van der Waals surface area (Å²) in [7, 11) is 0. The number of aromatic nitrogens is 1. The second-order valence-electron chi connectivity index (χ2n) is 6.45. The van der Waals surface area contributed by atoms with E-state index in [1.807, 2.05) is 0 Å². The van der Waals surface area contributed by atoms with E-state index in [0.29, 0.717) is 6.04 Å². The predicted octanol–water partition coefficient (Wildman–Crippen LogP) is 3.38. The van der Waals surface area contributed by atoms with Crippen molar-refractivity contribution in [3.63, 3.8) is 0 Å². The molecule has 3 rings (SSSR count). The zero-order valence-electron chi connectivity index (χ0n) is 13.0. The van der Waals surface area contributed by atoms with Gasteiger partial charge in [0.2, 0.25) is 0 Å². The smallest absolute Gasteiger partial charge is 0.0897 e. The van der Waals surface area contributed by atoms with Gasteiger partial charge in [-0.25, -0.2) is 4.98 Å². The largest absolute Gasteiger partial charge is 0.309 e. The van der Waals surface area contributed by atoms with Gasteiger partial charge >= 0.3 is 0 Å². The van der Waals surface area contributed by atoms with Gasteiger partial charge < -0.3 is 5.32 Å². The van der Waals surface area contributed by atoms with Gasteiger partial charge in [0.15, 0.2) is 0 Å². The fourth-order valence-corrected chi connectivity index (χ4v) is 3.64. The lowest BCUT2D eigenvalue weighted by molar-refractivity contribution is 0.0869. The lowest BCUT2D eigenvalue weighted by Crippen LogP contribution is -2.57. The van der Waals surface area contributed by atoms with Gasteiger partial charge in [-0.1, -0.05) is 30.3 Å². The van der Waals surface area contributed by atoms with Gasteiger partial charge in [-0.3, -0.25) is 4.90 Å². The highest BCUT2D eigenvalue weighted by Gasteiger charge is 2.33. The Hall–Kier alpha value is -1.23. The Bertz CT molecular complexity index is 591. The summed E-state index contributed by atoms with van der Waals surface area (Å²) in [4.78, 5) is 7.19. The lowest BCUT2D eigenvalue weighted by Gasteiger charge is -2.44. The molecule has 1 N–H and O–H groups in total. The number of nitrogens with zero attached hydrogens (tertiary/aromatic N) is 2. The van der Waals surface area contributed by atoms with E-state index in [0.717, 1.165) is 24.6 Å². The first kappa shape index (κ1) is 14.7. The molecule has 0 spiro atoms. The molecule has 2 heterocycles. The minimum atomic E-state index is 0.149. The van der Waals surface area contributed by atoms with E-state index in [-0.39, 0.29) is 5.54 Å². The molecule has 2 aromatic rings. The molecule has 3 nitrogen and oxygen atoms in total. The van der Waals surface area contributed by atoms with Crippen LogP contribution in [0.25, 0.3) is 0 Å². The molecule has 1 unspecified atom stereocenters. The molecule has 1 aromatic carbocycles. The van der Waals surface area contributed by atoms with Crippen LogP contribution in [0.1, 0.15) is 36.2 Å². The first-order chi connectivity index (χ1) is 10.0. The van der Waals surface area contributed by atoms with E-state index in [2.05, 4.69) is 71.7 Å². The fraction of sp³-hybridized carbons (Fsp3) is 0.471. The van der Waals surface area contributed by atoms with Crippen molar-refractivity contribution in [1.29, 1.82) is 0 Å². The van der Waals surface area contributed by atoms with E-state index in [4.69, 9.17) is 0 Å². The van der Waals surface area contributed by atoms with Gasteiger partial charge in [-0.2, -0.15) is 0 Å². The summed E-state index contributed by atoms with van der Waals surface area (Å²) in [6, 6.07) is 11.2. The molecule has 1 atom stereocenters. The van der Waals surface area contributed by atoms with E-state index >= 15 is 0 Å². The second-order valence-corrected chi connectivity index (χ2v) is 7.52. The summed E-state index contributed by atoms with van der Waals surface area (Å²) in [6.07, 6.45) is 0. The molecule has 1 aliphatic heterocycles. The van der Waals surface area contributed by atoms with Crippen LogP contribution in [0.15, 0.2) is 35.7 Å². The van der Waals surface area contributed by atoms with Crippen molar-refractivity contribution in [2.45, 2.75) is 38.9 Å². The molecular formula is C17H23N3S. The molecule has 0 radical (unpaired) electrons. The van der Waals surface area contributed by atoms with Gasteiger partial charge in [0, 0.05) is 36.6 Å². The molecule has 0 bridgehead atoms. The highest BCUT2D eigenvalue weighted by molar-refractivity contribution is 7.09. The van der Waals surface area contributed by atoms with Gasteiger partial charge in [-0.15, -0.1) is 11.3 Å². The zero-order valence-corrected chi connectivity index (χ0v) is 13.8. The van der Waals surface area contributed by atoms with Gasteiger partial charge in [0.1, 0.15) is 0 Å². The predicted molar refractivity (Wildman–Crippen MR) is 88.5 cm³/mol. The maximum Gasteiger partial charge on any atom is 0.0897 e. The maximum atomic E-state index is 4.64. The molecule has 1 saturated heterocycles. The first-order valence-corrected chi connectivity index (χ1v) is 8.36. The number of piperazine rings is 1. The summed E-state index contributed by atoms with van der Waals surface area (Å²) >= 11 is 1.74. The molecule has 1 fully saturated rings. The highest BCUT2D eigenvalue weighted by Crippen LogP contribution is 2.28. The second kappa shape index (κ2) is 5.87. The molecule has 1 aromatic heterocycles. The van der Waals surface area contributed by atoms with Crippen molar-refractivity contribution in [1.82, 2.24) is 15.2 Å². The molecule has 0 aliphatic carbocycles. The lowest BCUT2D eigenvalue weighted by atomic mass is 9.95. The van der Waals surface area contributed by atoms with Crippen molar-refractivity contribution in [3.8, 4) is 0 Å². The number of aryl methyl sites for hydroxylation is 1. The standard InChI is InChI=1S/C17H23N3S/c1-13-19-15(11-21-13)10-20-12-17(2,3)18-9-16(20)14-7-5-4-6-8-14/h4-8,11,16,18H,9-10,12H2,1-3H3.